The van der Waals surface area contributed by atoms with E-state index < -0.39 is 0 Å². The van der Waals surface area contributed by atoms with Crippen LogP contribution in [0.15, 0.2) is 0 Å². The zero-order chi connectivity index (χ0) is 11.9. The van der Waals surface area contributed by atoms with Gasteiger partial charge in [-0.3, -0.25) is 0 Å². The number of likely N-dealkylation sites (tertiary alicyclic amines) is 1. The Morgan fingerprint density at radius 2 is 1.94 bits per heavy atom. The van der Waals surface area contributed by atoms with Crippen LogP contribution in [0.25, 0.3) is 0 Å². The first kappa shape index (κ1) is 13.3. The van der Waals surface area contributed by atoms with Crippen LogP contribution in [0.5, 0.6) is 0 Å². The Morgan fingerprint density at radius 3 is 2.71 bits per heavy atom. The van der Waals surface area contributed by atoms with Crippen molar-refractivity contribution in [2.45, 2.75) is 51.0 Å². The van der Waals surface area contributed by atoms with Crippen molar-refractivity contribution in [3.8, 4) is 0 Å². The molecule has 0 radical (unpaired) electrons. The molecule has 2 N–H and O–H groups in total. The summed E-state index contributed by atoms with van der Waals surface area (Å²) in [6.07, 6.45) is 8.58. The smallest absolute Gasteiger partial charge is 0.0543 e. The molecule has 1 aliphatic heterocycles. The molecule has 0 aromatic heterocycles. The molecule has 2 aliphatic rings. The van der Waals surface area contributed by atoms with Gasteiger partial charge < -0.3 is 15.3 Å². The maximum atomic E-state index is 9.59. The predicted octanol–water partition coefficient (Wildman–Crippen LogP) is 1.61. The van der Waals surface area contributed by atoms with Crippen LogP contribution >= 0.6 is 0 Å². The van der Waals surface area contributed by atoms with Crippen LogP contribution in [0, 0.1) is 5.92 Å². The van der Waals surface area contributed by atoms with Gasteiger partial charge in [-0.1, -0.05) is 6.42 Å². The summed E-state index contributed by atoms with van der Waals surface area (Å²) in [6.45, 7) is 6.14. The molecule has 1 saturated heterocycles. The van der Waals surface area contributed by atoms with E-state index in [1.807, 2.05) is 0 Å². The highest BCUT2D eigenvalue weighted by atomic mass is 16.3. The first-order valence-corrected chi connectivity index (χ1v) is 7.46. The Balaban J connectivity index is 1.45. The fourth-order valence-corrected chi connectivity index (χ4v) is 3.19. The maximum absolute atomic E-state index is 9.59. The van der Waals surface area contributed by atoms with Gasteiger partial charge in [0, 0.05) is 0 Å². The van der Waals surface area contributed by atoms with Crippen LogP contribution in [0.4, 0.5) is 0 Å². The average molecular weight is 240 g/mol. The quantitative estimate of drug-likeness (QED) is 0.693. The fraction of sp³-hybridized carbons (Fsp3) is 1.00. The number of hydrogen-bond donors (Lipinski definition) is 2. The van der Waals surface area contributed by atoms with Crippen LogP contribution in [0.2, 0.25) is 0 Å². The molecule has 17 heavy (non-hydrogen) atoms. The van der Waals surface area contributed by atoms with E-state index in [0.29, 0.717) is 5.92 Å². The number of nitrogens with zero attached hydrogens (tertiary/aromatic N) is 1. The van der Waals surface area contributed by atoms with Crippen LogP contribution in [0.3, 0.4) is 0 Å². The number of rotatable bonds is 6. The molecule has 2 atom stereocenters. The first-order chi connectivity index (χ1) is 8.34. The van der Waals surface area contributed by atoms with Crippen molar-refractivity contribution >= 4 is 0 Å². The van der Waals surface area contributed by atoms with Crippen molar-refractivity contribution in [2.75, 3.05) is 32.7 Å². The average Bonchev–Trinajstić information content (AvgIpc) is 2.82. The number of aliphatic hydroxyl groups is 1. The fourth-order valence-electron chi connectivity index (χ4n) is 3.19. The first-order valence-electron chi connectivity index (χ1n) is 7.46. The van der Waals surface area contributed by atoms with Gasteiger partial charge in [-0.15, -0.1) is 0 Å². The Morgan fingerprint density at radius 1 is 1.12 bits per heavy atom. The van der Waals surface area contributed by atoms with Crippen LogP contribution < -0.4 is 5.32 Å². The molecule has 0 spiro atoms. The van der Waals surface area contributed by atoms with E-state index in [-0.39, 0.29) is 6.10 Å². The summed E-state index contributed by atoms with van der Waals surface area (Å²) in [5.41, 5.74) is 0. The van der Waals surface area contributed by atoms with Gasteiger partial charge in [0.05, 0.1) is 6.10 Å². The normalized spacial score (nSPS) is 30.9. The molecule has 2 rings (SSSR count). The summed E-state index contributed by atoms with van der Waals surface area (Å²) < 4.78 is 0. The largest absolute Gasteiger partial charge is 0.393 e. The molecule has 3 nitrogen and oxygen atoms in total. The number of aliphatic hydroxyl groups excluding tert-OH is 1. The van der Waals surface area contributed by atoms with Gasteiger partial charge in [-0.25, -0.2) is 0 Å². The minimum atomic E-state index is -0.0276. The van der Waals surface area contributed by atoms with Crippen LogP contribution in [-0.2, 0) is 0 Å². The zero-order valence-corrected chi connectivity index (χ0v) is 11.0. The molecule has 2 fully saturated rings. The monoisotopic (exact) mass is 240 g/mol. The Labute approximate surface area is 106 Å². The van der Waals surface area contributed by atoms with Crippen molar-refractivity contribution < 1.29 is 5.11 Å². The van der Waals surface area contributed by atoms with E-state index in [2.05, 4.69) is 10.2 Å². The lowest BCUT2D eigenvalue weighted by atomic mass is 9.87. The van der Waals surface area contributed by atoms with E-state index >= 15 is 0 Å². The van der Waals surface area contributed by atoms with Crippen LogP contribution in [0.1, 0.15) is 44.9 Å². The van der Waals surface area contributed by atoms with Crippen molar-refractivity contribution in [2.24, 2.45) is 5.92 Å². The van der Waals surface area contributed by atoms with Crippen LogP contribution in [-0.4, -0.2) is 48.8 Å². The Hall–Kier alpha value is -0.120. The molecule has 2 unspecified atom stereocenters. The molecule has 3 heteroatoms. The molecular weight excluding hydrogens is 212 g/mol. The number of hydrogen-bond acceptors (Lipinski definition) is 3. The summed E-state index contributed by atoms with van der Waals surface area (Å²) in [4.78, 5) is 2.58. The second-order valence-corrected chi connectivity index (χ2v) is 5.79. The third-order valence-corrected chi connectivity index (χ3v) is 4.21. The summed E-state index contributed by atoms with van der Waals surface area (Å²) in [5, 5.41) is 13.2. The molecule has 0 amide bonds. The summed E-state index contributed by atoms with van der Waals surface area (Å²) in [7, 11) is 0. The van der Waals surface area contributed by atoms with Crippen molar-refractivity contribution in [1.82, 2.24) is 10.2 Å². The molecule has 0 aromatic carbocycles. The summed E-state index contributed by atoms with van der Waals surface area (Å²) in [5.74, 6) is 0.713. The van der Waals surface area contributed by atoms with Gasteiger partial charge in [0.1, 0.15) is 0 Å². The second-order valence-electron chi connectivity index (χ2n) is 5.79. The molecular formula is C14H28N2O. The molecule has 0 aromatic rings. The molecule has 1 aliphatic carbocycles. The lowest BCUT2D eigenvalue weighted by Crippen LogP contribution is -2.31. The van der Waals surface area contributed by atoms with E-state index in [1.54, 1.807) is 0 Å². The second kappa shape index (κ2) is 7.34. The van der Waals surface area contributed by atoms with Gasteiger partial charge in [-0.2, -0.15) is 0 Å². The summed E-state index contributed by atoms with van der Waals surface area (Å²) >= 11 is 0. The van der Waals surface area contributed by atoms with Gasteiger partial charge in [-0.05, 0) is 77.2 Å². The van der Waals surface area contributed by atoms with Gasteiger partial charge in [0.25, 0.3) is 0 Å². The highest BCUT2D eigenvalue weighted by Crippen LogP contribution is 2.23. The van der Waals surface area contributed by atoms with Crippen molar-refractivity contribution in [1.29, 1.82) is 0 Å². The van der Waals surface area contributed by atoms with Crippen molar-refractivity contribution in [3.63, 3.8) is 0 Å². The molecule has 1 heterocycles. The topological polar surface area (TPSA) is 35.5 Å². The maximum Gasteiger partial charge on any atom is 0.0543 e. The van der Waals surface area contributed by atoms with Crippen molar-refractivity contribution in [3.05, 3.63) is 0 Å². The Kier molecular flexibility index (Phi) is 5.75. The zero-order valence-electron chi connectivity index (χ0n) is 11.0. The third kappa shape index (κ3) is 4.94. The molecule has 1 saturated carbocycles. The highest BCUT2D eigenvalue weighted by Gasteiger charge is 2.19. The van der Waals surface area contributed by atoms with Gasteiger partial charge >= 0.3 is 0 Å². The predicted molar refractivity (Wildman–Crippen MR) is 71.1 cm³/mol. The minimum Gasteiger partial charge on any atom is -0.393 e. The SMILES string of the molecule is OC1CCCC(CNCCCN2CCCC2)C1. The van der Waals surface area contributed by atoms with E-state index in [9.17, 15) is 5.11 Å². The molecule has 100 valence electrons. The lowest BCUT2D eigenvalue weighted by molar-refractivity contribution is 0.101. The summed E-state index contributed by atoms with van der Waals surface area (Å²) in [6, 6.07) is 0. The number of nitrogens with one attached hydrogen (secondary N) is 1. The van der Waals surface area contributed by atoms with Gasteiger partial charge in [0.2, 0.25) is 0 Å². The van der Waals surface area contributed by atoms with E-state index in [0.717, 1.165) is 25.9 Å². The third-order valence-electron chi connectivity index (χ3n) is 4.21. The van der Waals surface area contributed by atoms with E-state index in [4.69, 9.17) is 0 Å². The molecule has 0 bridgehead atoms. The minimum absolute atomic E-state index is 0.0276. The van der Waals surface area contributed by atoms with Gasteiger partial charge in [0.15, 0.2) is 0 Å². The Bertz CT molecular complexity index is 204. The standard InChI is InChI=1S/C14H28N2O/c17-14-6-3-5-13(11-14)12-15-7-4-10-16-8-1-2-9-16/h13-15,17H,1-12H2. The van der Waals surface area contributed by atoms with E-state index in [1.165, 1.54) is 51.7 Å². The lowest BCUT2D eigenvalue weighted by Gasteiger charge is -2.26. The highest BCUT2D eigenvalue weighted by molar-refractivity contribution is 4.74.